The predicted molar refractivity (Wildman–Crippen MR) is 86.1 cm³/mol. The van der Waals surface area contributed by atoms with Crippen LogP contribution in [0.1, 0.15) is 11.1 Å². The van der Waals surface area contributed by atoms with Gasteiger partial charge in [-0.05, 0) is 55.3 Å². The summed E-state index contributed by atoms with van der Waals surface area (Å²) in [7, 11) is -4.00. The molecule has 0 aliphatic carbocycles. The normalized spacial score (nSPS) is 12.0. The highest BCUT2D eigenvalue weighted by atomic mass is 35.5. The average Bonchev–Trinajstić information content (AvgIpc) is 2.73. The van der Waals surface area contributed by atoms with Crippen LogP contribution in [0.3, 0.4) is 0 Å². The van der Waals surface area contributed by atoms with Gasteiger partial charge in [0.1, 0.15) is 0 Å². The number of nitrogens with zero attached hydrogens (tertiary/aromatic N) is 1. The molecule has 3 rings (SSSR count). The van der Waals surface area contributed by atoms with Gasteiger partial charge in [-0.25, -0.2) is 13.2 Å². The fraction of sp³-hybridized carbons (Fsp3) is 0.133. The van der Waals surface area contributed by atoms with Gasteiger partial charge in [0, 0.05) is 5.02 Å². The summed E-state index contributed by atoms with van der Waals surface area (Å²) in [5.74, 6) is 0. The first-order chi connectivity index (χ1) is 10.3. The lowest BCUT2D eigenvalue weighted by Crippen LogP contribution is -2.25. The molecule has 0 atom stereocenters. The summed E-state index contributed by atoms with van der Waals surface area (Å²) in [6, 6.07) is 9.57. The van der Waals surface area contributed by atoms with E-state index in [1.54, 1.807) is 26.0 Å². The van der Waals surface area contributed by atoms with Crippen molar-refractivity contribution in [1.29, 1.82) is 0 Å². The molecule has 0 aliphatic rings. The van der Waals surface area contributed by atoms with E-state index in [9.17, 15) is 13.2 Å². The third-order valence-corrected chi connectivity index (χ3v) is 5.25. The number of aromatic amines is 1. The standard InChI is InChI=1S/C15H13ClN2O3S/c1-9-5-10(2)7-12(6-9)22(20,21)18-14-8-11(16)3-4-13(14)17-15(18)19/h3-8H,1-2H3,(H,17,19). The van der Waals surface area contributed by atoms with Crippen molar-refractivity contribution in [3.63, 3.8) is 0 Å². The summed E-state index contributed by atoms with van der Waals surface area (Å²) in [6.45, 7) is 3.61. The van der Waals surface area contributed by atoms with Gasteiger partial charge in [0.05, 0.1) is 15.9 Å². The zero-order valence-electron chi connectivity index (χ0n) is 11.9. The van der Waals surface area contributed by atoms with Gasteiger partial charge >= 0.3 is 5.69 Å². The van der Waals surface area contributed by atoms with Crippen molar-refractivity contribution in [1.82, 2.24) is 8.96 Å². The van der Waals surface area contributed by atoms with E-state index in [4.69, 9.17) is 11.6 Å². The molecule has 0 unspecified atom stereocenters. The molecular formula is C15H13ClN2O3S. The summed E-state index contributed by atoms with van der Waals surface area (Å²) in [4.78, 5) is 14.7. The van der Waals surface area contributed by atoms with Crippen molar-refractivity contribution in [2.24, 2.45) is 0 Å². The van der Waals surface area contributed by atoms with E-state index < -0.39 is 15.7 Å². The van der Waals surface area contributed by atoms with Crippen molar-refractivity contribution in [3.8, 4) is 0 Å². The predicted octanol–water partition coefficient (Wildman–Crippen LogP) is 2.84. The SMILES string of the molecule is Cc1cc(C)cc(S(=O)(=O)n2c(=O)[nH]c3ccc(Cl)cc32)c1. The molecule has 0 bridgehead atoms. The number of halogens is 1. The molecule has 1 N–H and O–H groups in total. The van der Waals surface area contributed by atoms with Crippen molar-refractivity contribution >= 4 is 32.7 Å². The zero-order valence-corrected chi connectivity index (χ0v) is 13.5. The van der Waals surface area contributed by atoms with Gasteiger partial charge in [-0.3, -0.25) is 0 Å². The van der Waals surface area contributed by atoms with E-state index in [-0.39, 0.29) is 10.4 Å². The summed E-state index contributed by atoms with van der Waals surface area (Å²) in [6.07, 6.45) is 0. The number of aryl methyl sites for hydroxylation is 2. The molecule has 1 aromatic heterocycles. The van der Waals surface area contributed by atoms with Crippen LogP contribution in [0.2, 0.25) is 5.02 Å². The highest BCUT2D eigenvalue weighted by Crippen LogP contribution is 2.22. The van der Waals surface area contributed by atoms with Crippen LogP contribution in [0, 0.1) is 13.8 Å². The molecule has 0 fully saturated rings. The highest BCUT2D eigenvalue weighted by molar-refractivity contribution is 7.90. The number of H-pyrrole nitrogens is 1. The summed E-state index contributed by atoms with van der Waals surface area (Å²) in [5.41, 5.74) is 1.56. The number of nitrogens with one attached hydrogen (secondary N) is 1. The number of aromatic nitrogens is 2. The molecule has 3 aromatic rings. The molecule has 114 valence electrons. The Balaban J connectivity index is 2.36. The summed E-state index contributed by atoms with van der Waals surface area (Å²) >= 11 is 5.92. The van der Waals surface area contributed by atoms with E-state index in [2.05, 4.69) is 4.98 Å². The van der Waals surface area contributed by atoms with Crippen LogP contribution in [-0.2, 0) is 10.0 Å². The third-order valence-electron chi connectivity index (χ3n) is 3.34. The fourth-order valence-electron chi connectivity index (χ4n) is 2.48. The first-order valence-corrected chi connectivity index (χ1v) is 8.35. The number of fused-ring (bicyclic) bond motifs is 1. The first-order valence-electron chi connectivity index (χ1n) is 6.53. The van der Waals surface area contributed by atoms with Crippen LogP contribution in [0.15, 0.2) is 46.1 Å². The molecule has 0 saturated heterocycles. The van der Waals surface area contributed by atoms with Crippen molar-refractivity contribution in [2.45, 2.75) is 18.7 Å². The van der Waals surface area contributed by atoms with Crippen LogP contribution in [0.4, 0.5) is 0 Å². The maximum atomic E-state index is 12.8. The Morgan fingerprint density at radius 1 is 1.05 bits per heavy atom. The molecule has 0 aliphatic heterocycles. The van der Waals surface area contributed by atoms with E-state index in [1.165, 1.54) is 18.2 Å². The van der Waals surface area contributed by atoms with Crippen molar-refractivity contribution in [2.75, 3.05) is 0 Å². The molecule has 0 amide bonds. The summed E-state index contributed by atoms with van der Waals surface area (Å²) < 4.78 is 26.4. The lowest BCUT2D eigenvalue weighted by molar-refractivity contribution is 0.587. The molecule has 5 nitrogen and oxygen atoms in total. The topological polar surface area (TPSA) is 71.9 Å². The van der Waals surface area contributed by atoms with Gasteiger partial charge in [-0.1, -0.05) is 17.7 Å². The van der Waals surface area contributed by atoms with Crippen LogP contribution in [0.5, 0.6) is 0 Å². The smallest absolute Gasteiger partial charge is 0.305 e. The minimum Gasteiger partial charge on any atom is -0.305 e. The third kappa shape index (κ3) is 2.34. The molecule has 1 heterocycles. The zero-order chi connectivity index (χ0) is 16.1. The van der Waals surface area contributed by atoms with Crippen molar-refractivity contribution in [3.05, 3.63) is 63.0 Å². The Kier molecular flexibility index (Phi) is 3.38. The summed E-state index contributed by atoms with van der Waals surface area (Å²) in [5, 5.41) is 0.357. The largest absolute Gasteiger partial charge is 0.340 e. The van der Waals surface area contributed by atoms with Gasteiger partial charge in [0.25, 0.3) is 10.0 Å². The molecular weight excluding hydrogens is 324 g/mol. The lowest BCUT2D eigenvalue weighted by Gasteiger charge is -2.08. The number of benzene rings is 2. The van der Waals surface area contributed by atoms with Gasteiger partial charge in [-0.2, -0.15) is 3.97 Å². The number of hydrogen-bond donors (Lipinski definition) is 1. The molecule has 7 heteroatoms. The van der Waals surface area contributed by atoms with E-state index in [0.717, 1.165) is 15.1 Å². The number of rotatable bonds is 2. The van der Waals surface area contributed by atoms with Gasteiger partial charge < -0.3 is 4.98 Å². The fourth-order valence-corrected chi connectivity index (χ4v) is 4.20. The molecule has 22 heavy (non-hydrogen) atoms. The number of imidazole rings is 1. The Labute approximate surface area is 132 Å². The quantitative estimate of drug-likeness (QED) is 0.782. The van der Waals surface area contributed by atoms with Gasteiger partial charge in [0.2, 0.25) is 0 Å². The van der Waals surface area contributed by atoms with Crippen molar-refractivity contribution < 1.29 is 8.42 Å². The monoisotopic (exact) mass is 336 g/mol. The molecule has 0 saturated carbocycles. The molecule has 2 aromatic carbocycles. The Bertz CT molecular complexity index is 1030. The maximum Gasteiger partial charge on any atom is 0.340 e. The second kappa shape index (κ2) is 5.00. The van der Waals surface area contributed by atoms with Crippen LogP contribution in [0.25, 0.3) is 11.0 Å². The van der Waals surface area contributed by atoms with Crippen LogP contribution in [-0.4, -0.2) is 17.4 Å². The first kappa shape index (κ1) is 14.9. The minimum absolute atomic E-state index is 0.0768. The lowest BCUT2D eigenvalue weighted by atomic mass is 10.2. The second-order valence-electron chi connectivity index (χ2n) is 5.18. The minimum atomic E-state index is -4.00. The van der Waals surface area contributed by atoms with Crippen LogP contribution < -0.4 is 5.69 Å². The van der Waals surface area contributed by atoms with E-state index in [0.29, 0.717) is 10.5 Å². The number of hydrogen-bond acceptors (Lipinski definition) is 3. The average molecular weight is 337 g/mol. The maximum absolute atomic E-state index is 12.8. The van der Waals surface area contributed by atoms with E-state index in [1.807, 2.05) is 6.07 Å². The Hall–Kier alpha value is -2.05. The second-order valence-corrected chi connectivity index (χ2v) is 7.41. The van der Waals surface area contributed by atoms with Crippen LogP contribution >= 0.6 is 11.6 Å². The Morgan fingerprint density at radius 3 is 2.32 bits per heavy atom. The highest BCUT2D eigenvalue weighted by Gasteiger charge is 2.23. The molecule has 0 radical (unpaired) electrons. The van der Waals surface area contributed by atoms with Gasteiger partial charge in [-0.15, -0.1) is 0 Å². The van der Waals surface area contributed by atoms with E-state index >= 15 is 0 Å². The Morgan fingerprint density at radius 2 is 1.68 bits per heavy atom. The molecule has 0 spiro atoms. The van der Waals surface area contributed by atoms with Gasteiger partial charge in [0.15, 0.2) is 0 Å².